The maximum absolute atomic E-state index is 13.0. The first-order chi connectivity index (χ1) is 13.7. The molecule has 2 aliphatic rings. The van der Waals surface area contributed by atoms with Gasteiger partial charge in [0.15, 0.2) is 0 Å². The summed E-state index contributed by atoms with van der Waals surface area (Å²) in [5.74, 6) is 1.04. The summed E-state index contributed by atoms with van der Waals surface area (Å²) in [7, 11) is 1.68. The molecule has 2 heterocycles. The van der Waals surface area contributed by atoms with E-state index >= 15 is 0 Å². The van der Waals surface area contributed by atoms with Gasteiger partial charge in [-0.25, -0.2) is 10.9 Å². The van der Waals surface area contributed by atoms with Crippen LogP contribution in [0.15, 0.2) is 54.6 Å². The highest BCUT2D eigenvalue weighted by Crippen LogP contribution is 2.30. The topological polar surface area (TPSA) is 56.8 Å². The third-order valence-corrected chi connectivity index (χ3v) is 5.65. The van der Waals surface area contributed by atoms with Gasteiger partial charge in [-0.1, -0.05) is 48.5 Å². The zero-order valence-corrected chi connectivity index (χ0v) is 16.3. The molecule has 148 valence electrons. The van der Waals surface area contributed by atoms with Gasteiger partial charge < -0.3 is 9.64 Å². The average molecular weight is 380 g/mol. The lowest BCUT2D eigenvalue weighted by molar-refractivity contribution is -0.135. The van der Waals surface area contributed by atoms with Gasteiger partial charge in [-0.15, -0.1) is 0 Å². The molecule has 0 radical (unpaired) electrons. The lowest BCUT2D eigenvalue weighted by Gasteiger charge is -2.35. The monoisotopic (exact) mass is 380 g/mol. The molecule has 2 atom stereocenters. The van der Waals surface area contributed by atoms with Crippen LogP contribution < -0.4 is 15.6 Å². The molecule has 2 aromatic carbocycles. The Balaban J connectivity index is 1.30. The number of nitrogens with one attached hydrogen (secondary N) is 2. The number of hydrogen-bond donors (Lipinski definition) is 2. The quantitative estimate of drug-likeness (QED) is 0.830. The van der Waals surface area contributed by atoms with Crippen molar-refractivity contribution < 1.29 is 9.53 Å². The Morgan fingerprint density at radius 3 is 2.46 bits per heavy atom. The Hall–Kier alpha value is -2.41. The van der Waals surface area contributed by atoms with Gasteiger partial charge >= 0.3 is 0 Å². The number of carbonyl (C=O) groups is 1. The second kappa shape index (κ2) is 8.73. The summed E-state index contributed by atoms with van der Waals surface area (Å²) < 4.78 is 5.46. The van der Waals surface area contributed by atoms with Crippen molar-refractivity contribution in [1.82, 2.24) is 20.7 Å². The van der Waals surface area contributed by atoms with Crippen LogP contribution in [0.2, 0.25) is 0 Å². The first kappa shape index (κ1) is 18.9. The van der Waals surface area contributed by atoms with Crippen molar-refractivity contribution in [2.75, 3.05) is 33.3 Å². The number of carbonyl (C=O) groups excluding carboxylic acids is 1. The summed E-state index contributed by atoms with van der Waals surface area (Å²) in [5.41, 5.74) is 8.87. The minimum Gasteiger partial charge on any atom is -0.496 e. The molecule has 6 nitrogen and oxygen atoms in total. The van der Waals surface area contributed by atoms with E-state index in [0.717, 1.165) is 50.5 Å². The Kier molecular flexibility index (Phi) is 5.90. The van der Waals surface area contributed by atoms with Crippen molar-refractivity contribution >= 4 is 5.91 Å². The van der Waals surface area contributed by atoms with Crippen LogP contribution in [0.3, 0.4) is 0 Å². The third kappa shape index (κ3) is 4.19. The van der Waals surface area contributed by atoms with E-state index in [1.807, 2.05) is 35.2 Å². The first-order valence-corrected chi connectivity index (χ1v) is 9.93. The molecule has 4 rings (SSSR count). The number of piperazine rings is 1. The van der Waals surface area contributed by atoms with Crippen LogP contribution >= 0.6 is 0 Å². The zero-order valence-electron chi connectivity index (χ0n) is 16.3. The van der Waals surface area contributed by atoms with Gasteiger partial charge in [0.1, 0.15) is 11.8 Å². The predicted octanol–water partition coefficient (Wildman–Crippen LogP) is 1.95. The fourth-order valence-corrected chi connectivity index (χ4v) is 4.06. The largest absolute Gasteiger partial charge is 0.496 e. The molecule has 0 spiro atoms. The molecule has 6 heteroatoms. The number of amides is 1. The van der Waals surface area contributed by atoms with E-state index in [1.54, 1.807) is 7.11 Å². The fraction of sp³-hybridized carbons (Fsp3) is 0.409. The molecule has 2 aliphatic heterocycles. The Bertz CT molecular complexity index is 790. The fourth-order valence-electron chi connectivity index (χ4n) is 4.06. The molecular weight excluding hydrogens is 352 g/mol. The predicted molar refractivity (Wildman–Crippen MR) is 109 cm³/mol. The average Bonchev–Trinajstić information content (AvgIpc) is 3.24. The molecule has 2 N–H and O–H groups in total. The van der Waals surface area contributed by atoms with Crippen molar-refractivity contribution in [2.24, 2.45) is 0 Å². The van der Waals surface area contributed by atoms with Gasteiger partial charge in [-0.05, 0) is 18.1 Å². The second-order valence-corrected chi connectivity index (χ2v) is 7.46. The van der Waals surface area contributed by atoms with E-state index in [9.17, 15) is 4.79 Å². The highest BCUT2D eigenvalue weighted by Gasteiger charge is 2.34. The number of rotatable bonds is 5. The standard InChI is InChI=1S/C22H28N4O2/c1-28-21-10-6-5-9-18(21)19-15-20(24-23-19)22(27)26-13-11-25(12-14-26)16-17-7-3-2-4-8-17/h2-10,19-20,23-24H,11-16H2,1H3. The van der Waals surface area contributed by atoms with Gasteiger partial charge in [0.2, 0.25) is 5.91 Å². The molecular formula is C22H28N4O2. The van der Waals surface area contributed by atoms with E-state index < -0.39 is 0 Å². The maximum atomic E-state index is 13.0. The third-order valence-electron chi connectivity index (χ3n) is 5.65. The SMILES string of the molecule is COc1ccccc1C1CC(C(=O)N2CCN(Cc3ccccc3)CC2)NN1. The lowest BCUT2D eigenvalue weighted by Crippen LogP contribution is -2.53. The molecule has 28 heavy (non-hydrogen) atoms. The van der Waals surface area contributed by atoms with Gasteiger partial charge in [0, 0.05) is 38.3 Å². The molecule has 2 unspecified atom stereocenters. The number of ether oxygens (including phenoxy) is 1. The maximum Gasteiger partial charge on any atom is 0.241 e. The van der Waals surface area contributed by atoms with Crippen LogP contribution in [0.1, 0.15) is 23.6 Å². The molecule has 1 amide bonds. The second-order valence-electron chi connectivity index (χ2n) is 7.46. The summed E-state index contributed by atoms with van der Waals surface area (Å²) in [6.45, 7) is 4.34. The first-order valence-electron chi connectivity index (χ1n) is 9.93. The molecule has 2 saturated heterocycles. The van der Waals surface area contributed by atoms with Crippen LogP contribution in [-0.2, 0) is 11.3 Å². The van der Waals surface area contributed by atoms with E-state index in [4.69, 9.17) is 4.74 Å². The Labute approximate surface area is 166 Å². The van der Waals surface area contributed by atoms with Gasteiger partial charge in [0.05, 0.1) is 13.2 Å². The summed E-state index contributed by atoms with van der Waals surface area (Å²) >= 11 is 0. The zero-order chi connectivity index (χ0) is 19.3. The summed E-state index contributed by atoms with van der Waals surface area (Å²) in [5, 5.41) is 0. The van der Waals surface area contributed by atoms with E-state index in [2.05, 4.69) is 40.0 Å². The molecule has 0 saturated carbocycles. The van der Waals surface area contributed by atoms with Crippen LogP contribution in [0.4, 0.5) is 0 Å². The van der Waals surface area contributed by atoms with Crippen molar-refractivity contribution in [3.05, 3.63) is 65.7 Å². The van der Waals surface area contributed by atoms with Crippen molar-refractivity contribution in [3.63, 3.8) is 0 Å². The van der Waals surface area contributed by atoms with Gasteiger partial charge in [0.25, 0.3) is 0 Å². The Morgan fingerprint density at radius 2 is 1.71 bits per heavy atom. The number of nitrogens with zero attached hydrogens (tertiary/aromatic N) is 2. The van der Waals surface area contributed by atoms with E-state index in [0.29, 0.717) is 0 Å². The normalized spacial score (nSPS) is 23.0. The summed E-state index contributed by atoms with van der Waals surface area (Å²) in [6, 6.07) is 18.3. The molecule has 0 aliphatic carbocycles. The van der Waals surface area contributed by atoms with Crippen LogP contribution in [0.25, 0.3) is 0 Å². The number of methoxy groups -OCH3 is 1. The molecule has 2 fully saturated rings. The minimum atomic E-state index is -0.199. The van der Waals surface area contributed by atoms with Crippen LogP contribution in [-0.4, -0.2) is 55.0 Å². The van der Waals surface area contributed by atoms with E-state index in [1.165, 1.54) is 5.56 Å². The number of hydrazine groups is 1. The molecule has 0 aromatic heterocycles. The lowest BCUT2D eigenvalue weighted by atomic mass is 10.0. The van der Waals surface area contributed by atoms with Gasteiger partial charge in [-0.2, -0.15) is 0 Å². The smallest absolute Gasteiger partial charge is 0.241 e. The van der Waals surface area contributed by atoms with Crippen molar-refractivity contribution in [1.29, 1.82) is 0 Å². The number of hydrogen-bond acceptors (Lipinski definition) is 5. The molecule has 0 bridgehead atoms. The highest BCUT2D eigenvalue weighted by molar-refractivity contribution is 5.82. The highest BCUT2D eigenvalue weighted by atomic mass is 16.5. The number of para-hydroxylation sites is 1. The minimum absolute atomic E-state index is 0.0736. The van der Waals surface area contributed by atoms with Crippen molar-refractivity contribution in [2.45, 2.75) is 25.0 Å². The summed E-state index contributed by atoms with van der Waals surface area (Å²) in [6.07, 6.45) is 0.726. The van der Waals surface area contributed by atoms with Crippen LogP contribution in [0.5, 0.6) is 5.75 Å². The summed E-state index contributed by atoms with van der Waals surface area (Å²) in [4.78, 5) is 17.4. The van der Waals surface area contributed by atoms with Gasteiger partial charge in [-0.3, -0.25) is 9.69 Å². The van der Waals surface area contributed by atoms with E-state index in [-0.39, 0.29) is 18.0 Å². The number of benzene rings is 2. The van der Waals surface area contributed by atoms with Crippen molar-refractivity contribution in [3.8, 4) is 5.75 Å². The molecule has 2 aromatic rings. The Morgan fingerprint density at radius 1 is 1.00 bits per heavy atom. The van der Waals surface area contributed by atoms with Crippen LogP contribution in [0, 0.1) is 0 Å².